The lowest BCUT2D eigenvalue weighted by molar-refractivity contribution is -0.124. The van der Waals surface area contributed by atoms with Gasteiger partial charge in [-0.15, -0.1) is 0 Å². The molecular formula is C16H22N2O. The number of amides is 1. The Morgan fingerprint density at radius 1 is 1.21 bits per heavy atom. The van der Waals surface area contributed by atoms with E-state index in [2.05, 4.69) is 35.2 Å². The number of piperidine rings is 1. The summed E-state index contributed by atoms with van der Waals surface area (Å²) < 4.78 is 0. The maximum absolute atomic E-state index is 11.3. The first-order valence-electron chi connectivity index (χ1n) is 7.32. The summed E-state index contributed by atoms with van der Waals surface area (Å²) in [6, 6.07) is 11.4. The van der Waals surface area contributed by atoms with Crippen LogP contribution < -0.4 is 5.73 Å². The molecule has 1 amide bonds. The van der Waals surface area contributed by atoms with E-state index in [9.17, 15) is 4.79 Å². The predicted molar refractivity (Wildman–Crippen MR) is 75.7 cm³/mol. The number of primary amides is 1. The zero-order chi connectivity index (χ0) is 13.2. The Kier molecular flexibility index (Phi) is 3.56. The largest absolute Gasteiger partial charge is 0.369 e. The zero-order valence-electron chi connectivity index (χ0n) is 11.3. The first-order valence-corrected chi connectivity index (χ1v) is 7.32. The molecule has 102 valence electrons. The lowest BCUT2D eigenvalue weighted by Crippen LogP contribution is -2.50. The monoisotopic (exact) mass is 258 g/mol. The minimum Gasteiger partial charge on any atom is -0.369 e. The first-order chi connectivity index (χ1) is 9.24. The molecule has 1 aromatic carbocycles. The fraction of sp³-hybridized carbons (Fsp3) is 0.562. The van der Waals surface area contributed by atoms with Gasteiger partial charge >= 0.3 is 0 Å². The third-order valence-corrected chi connectivity index (χ3v) is 4.76. The van der Waals surface area contributed by atoms with E-state index in [0.717, 1.165) is 25.9 Å². The Morgan fingerprint density at radius 2 is 1.95 bits per heavy atom. The van der Waals surface area contributed by atoms with Crippen molar-refractivity contribution in [2.24, 2.45) is 11.7 Å². The van der Waals surface area contributed by atoms with Crippen LogP contribution in [0.15, 0.2) is 30.3 Å². The summed E-state index contributed by atoms with van der Waals surface area (Å²) >= 11 is 0. The summed E-state index contributed by atoms with van der Waals surface area (Å²) in [5.41, 5.74) is 6.90. The standard InChI is InChI=1S/C16H22N2O/c17-16(19)13-7-4-8-18(11-13)15-9-14(10-15)12-5-2-1-3-6-12/h1-3,5-6,13-15H,4,7-11H2,(H2,17,19). The summed E-state index contributed by atoms with van der Waals surface area (Å²) in [4.78, 5) is 13.8. The molecule has 0 bridgehead atoms. The molecule has 0 aromatic heterocycles. The summed E-state index contributed by atoms with van der Waals surface area (Å²) in [5.74, 6) is 0.660. The second kappa shape index (κ2) is 5.33. The van der Waals surface area contributed by atoms with Crippen molar-refractivity contribution in [3.05, 3.63) is 35.9 Å². The number of carbonyl (C=O) groups excluding carboxylic acids is 1. The van der Waals surface area contributed by atoms with Gasteiger partial charge < -0.3 is 5.73 Å². The van der Waals surface area contributed by atoms with Crippen LogP contribution in [-0.4, -0.2) is 29.9 Å². The molecule has 3 heteroatoms. The van der Waals surface area contributed by atoms with Gasteiger partial charge in [-0.25, -0.2) is 0 Å². The highest BCUT2D eigenvalue weighted by Gasteiger charge is 2.37. The number of rotatable bonds is 3. The highest BCUT2D eigenvalue weighted by atomic mass is 16.1. The Balaban J connectivity index is 1.54. The van der Waals surface area contributed by atoms with Crippen molar-refractivity contribution >= 4 is 5.91 Å². The molecule has 1 heterocycles. The van der Waals surface area contributed by atoms with Gasteiger partial charge in [0.25, 0.3) is 0 Å². The molecular weight excluding hydrogens is 236 g/mol. The zero-order valence-corrected chi connectivity index (χ0v) is 11.3. The summed E-state index contributed by atoms with van der Waals surface area (Å²) in [5, 5.41) is 0. The van der Waals surface area contributed by atoms with Gasteiger partial charge in [-0.05, 0) is 43.7 Å². The van der Waals surface area contributed by atoms with Crippen LogP contribution >= 0.6 is 0 Å². The van der Waals surface area contributed by atoms with E-state index in [0.29, 0.717) is 12.0 Å². The quantitative estimate of drug-likeness (QED) is 0.902. The van der Waals surface area contributed by atoms with Gasteiger partial charge in [-0.3, -0.25) is 9.69 Å². The van der Waals surface area contributed by atoms with Crippen molar-refractivity contribution in [2.45, 2.75) is 37.6 Å². The fourth-order valence-electron chi connectivity index (χ4n) is 3.45. The van der Waals surface area contributed by atoms with E-state index in [4.69, 9.17) is 5.73 Å². The Bertz CT molecular complexity index is 439. The summed E-state index contributed by atoms with van der Waals surface area (Å²) in [6.45, 7) is 2.01. The second-order valence-electron chi connectivity index (χ2n) is 5.97. The normalized spacial score (nSPS) is 31.7. The van der Waals surface area contributed by atoms with Gasteiger partial charge in [0.2, 0.25) is 5.91 Å². The Morgan fingerprint density at radius 3 is 2.63 bits per heavy atom. The van der Waals surface area contributed by atoms with Crippen LogP contribution in [0, 0.1) is 5.92 Å². The van der Waals surface area contributed by atoms with Crippen molar-refractivity contribution in [3.8, 4) is 0 Å². The van der Waals surface area contributed by atoms with Crippen molar-refractivity contribution in [1.82, 2.24) is 4.90 Å². The Hall–Kier alpha value is -1.35. The van der Waals surface area contributed by atoms with Crippen LogP contribution in [0.1, 0.15) is 37.2 Å². The topological polar surface area (TPSA) is 46.3 Å². The second-order valence-corrected chi connectivity index (χ2v) is 5.97. The number of carbonyl (C=O) groups is 1. The maximum atomic E-state index is 11.3. The maximum Gasteiger partial charge on any atom is 0.221 e. The number of nitrogens with two attached hydrogens (primary N) is 1. The fourth-order valence-corrected chi connectivity index (χ4v) is 3.45. The number of nitrogens with zero attached hydrogens (tertiary/aromatic N) is 1. The minimum absolute atomic E-state index is 0.0736. The summed E-state index contributed by atoms with van der Waals surface area (Å²) in [6.07, 6.45) is 4.55. The van der Waals surface area contributed by atoms with E-state index in [-0.39, 0.29) is 11.8 Å². The average Bonchev–Trinajstić information content (AvgIpc) is 2.39. The van der Waals surface area contributed by atoms with Gasteiger partial charge in [-0.1, -0.05) is 30.3 Å². The lowest BCUT2D eigenvalue weighted by Gasteiger charge is -2.46. The Labute approximate surface area is 114 Å². The van der Waals surface area contributed by atoms with E-state index >= 15 is 0 Å². The SMILES string of the molecule is NC(=O)C1CCCN(C2CC(c3ccccc3)C2)C1. The van der Waals surface area contributed by atoms with E-state index in [1.165, 1.54) is 18.4 Å². The molecule has 1 atom stereocenters. The van der Waals surface area contributed by atoms with Crippen molar-refractivity contribution in [1.29, 1.82) is 0 Å². The third kappa shape index (κ3) is 2.66. The average molecular weight is 258 g/mol. The molecule has 0 radical (unpaired) electrons. The number of hydrogen-bond donors (Lipinski definition) is 1. The number of hydrogen-bond acceptors (Lipinski definition) is 2. The molecule has 1 saturated carbocycles. The molecule has 1 aliphatic carbocycles. The van der Waals surface area contributed by atoms with Gasteiger partial charge in [0.05, 0.1) is 5.92 Å². The molecule has 1 saturated heterocycles. The van der Waals surface area contributed by atoms with Crippen molar-refractivity contribution in [3.63, 3.8) is 0 Å². The van der Waals surface area contributed by atoms with Crippen LogP contribution in [0.2, 0.25) is 0 Å². The van der Waals surface area contributed by atoms with Gasteiger partial charge in [0.15, 0.2) is 0 Å². The molecule has 0 spiro atoms. The molecule has 2 N–H and O–H groups in total. The molecule has 2 fully saturated rings. The number of benzene rings is 1. The minimum atomic E-state index is -0.122. The van der Waals surface area contributed by atoms with E-state index in [1.807, 2.05) is 0 Å². The van der Waals surface area contributed by atoms with Crippen LogP contribution in [0.4, 0.5) is 0 Å². The van der Waals surface area contributed by atoms with Crippen LogP contribution in [0.5, 0.6) is 0 Å². The predicted octanol–water partition coefficient (Wildman–Crippen LogP) is 2.13. The van der Waals surface area contributed by atoms with Crippen LogP contribution in [0.25, 0.3) is 0 Å². The smallest absolute Gasteiger partial charge is 0.221 e. The molecule has 1 unspecified atom stereocenters. The molecule has 3 nitrogen and oxygen atoms in total. The van der Waals surface area contributed by atoms with Crippen LogP contribution in [-0.2, 0) is 4.79 Å². The molecule has 2 aliphatic rings. The van der Waals surface area contributed by atoms with E-state index in [1.54, 1.807) is 0 Å². The molecule has 1 aliphatic heterocycles. The van der Waals surface area contributed by atoms with Crippen molar-refractivity contribution < 1.29 is 4.79 Å². The molecule has 1 aromatic rings. The first kappa shape index (κ1) is 12.7. The highest BCUT2D eigenvalue weighted by molar-refractivity contribution is 5.76. The highest BCUT2D eigenvalue weighted by Crippen LogP contribution is 2.40. The third-order valence-electron chi connectivity index (χ3n) is 4.76. The van der Waals surface area contributed by atoms with E-state index < -0.39 is 0 Å². The summed E-state index contributed by atoms with van der Waals surface area (Å²) in [7, 11) is 0. The van der Waals surface area contributed by atoms with Crippen LogP contribution in [0.3, 0.4) is 0 Å². The molecule has 3 rings (SSSR count). The lowest BCUT2D eigenvalue weighted by atomic mass is 9.74. The van der Waals surface area contributed by atoms with Gasteiger partial charge in [-0.2, -0.15) is 0 Å². The molecule has 19 heavy (non-hydrogen) atoms. The van der Waals surface area contributed by atoms with Gasteiger partial charge in [0, 0.05) is 12.6 Å². The van der Waals surface area contributed by atoms with Crippen molar-refractivity contribution in [2.75, 3.05) is 13.1 Å². The number of likely N-dealkylation sites (tertiary alicyclic amines) is 1. The van der Waals surface area contributed by atoms with Gasteiger partial charge in [0.1, 0.15) is 0 Å².